The molecule has 0 spiro atoms. The molecule has 176 valence electrons. The van der Waals surface area contributed by atoms with Gasteiger partial charge in [0.1, 0.15) is 5.75 Å². The summed E-state index contributed by atoms with van der Waals surface area (Å²) < 4.78 is 41.2. The lowest BCUT2D eigenvalue weighted by Crippen LogP contribution is -2.45. The fourth-order valence-electron chi connectivity index (χ4n) is 3.77. The molecule has 7 nitrogen and oxygen atoms in total. The first kappa shape index (κ1) is 25.9. The molecule has 0 amide bonds. The molecule has 2 saturated heterocycles. The third-order valence-electron chi connectivity index (χ3n) is 5.26. The number of halogens is 3. The Bertz CT molecular complexity index is 678. The fraction of sp³-hybridized carbons (Fsp3) is 0.667. The Morgan fingerprint density at radius 3 is 2.90 bits per heavy atom. The number of benzene rings is 1. The first-order valence-electron chi connectivity index (χ1n) is 10.6. The van der Waals surface area contributed by atoms with Crippen LogP contribution in [0, 0.1) is 0 Å². The van der Waals surface area contributed by atoms with E-state index in [1.807, 2.05) is 12.1 Å². The average molecular weight is 554 g/mol. The SMILES string of the molecule is CN=C(NCCCOCC1CCCO1)NC1CCN(c2ccccc2OC(F)F)C1.I. The summed E-state index contributed by atoms with van der Waals surface area (Å²) in [7, 11) is 1.74. The van der Waals surface area contributed by atoms with Crippen molar-refractivity contribution in [1.82, 2.24) is 10.6 Å². The summed E-state index contributed by atoms with van der Waals surface area (Å²) in [4.78, 5) is 6.34. The summed E-state index contributed by atoms with van der Waals surface area (Å²) in [5, 5.41) is 6.71. The van der Waals surface area contributed by atoms with Crippen molar-refractivity contribution in [2.75, 3.05) is 51.4 Å². The van der Waals surface area contributed by atoms with Crippen LogP contribution >= 0.6 is 24.0 Å². The van der Waals surface area contributed by atoms with Crippen LogP contribution in [-0.2, 0) is 9.47 Å². The molecule has 2 heterocycles. The number of nitrogens with one attached hydrogen (secondary N) is 2. The summed E-state index contributed by atoms with van der Waals surface area (Å²) in [5.41, 5.74) is 0.688. The molecule has 0 aliphatic carbocycles. The summed E-state index contributed by atoms with van der Waals surface area (Å²) in [6.07, 6.45) is 4.23. The van der Waals surface area contributed by atoms with Crippen LogP contribution in [0.1, 0.15) is 25.7 Å². The highest BCUT2D eigenvalue weighted by Gasteiger charge is 2.26. The lowest BCUT2D eigenvalue weighted by atomic mass is 10.2. The molecule has 1 aromatic rings. The van der Waals surface area contributed by atoms with Gasteiger partial charge in [-0.3, -0.25) is 4.99 Å². The molecule has 2 fully saturated rings. The average Bonchev–Trinajstić information content (AvgIpc) is 3.42. The molecule has 0 bridgehead atoms. The molecular formula is C21H33F2IN4O3. The number of hydrogen-bond donors (Lipinski definition) is 2. The number of hydrogen-bond acceptors (Lipinski definition) is 5. The van der Waals surface area contributed by atoms with E-state index in [9.17, 15) is 8.78 Å². The van der Waals surface area contributed by atoms with E-state index in [1.54, 1.807) is 19.2 Å². The van der Waals surface area contributed by atoms with Crippen LogP contribution in [0.2, 0.25) is 0 Å². The minimum absolute atomic E-state index is 0. The molecule has 2 N–H and O–H groups in total. The lowest BCUT2D eigenvalue weighted by molar-refractivity contribution is -0.0495. The topological polar surface area (TPSA) is 67.4 Å². The molecule has 2 atom stereocenters. The number of ether oxygens (including phenoxy) is 3. The number of anilines is 1. The largest absolute Gasteiger partial charge is 0.433 e. The summed E-state index contributed by atoms with van der Waals surface area (Å²) >= 11 is 0. The van der Waals surface area contributed by atoms with Gasteiger partial charge >= 0.3 is 6.61 Å². The van der Waals surface area contributed by atoms with Crippen molar-refractivity contribution in [3.63, 3.8) is 0 Å². The van der Waals surface area contributed by atoms with E-state index in [-0.39, 0.29) is 41.9 Å². The highest BCUT2D eigenvalue weighted by Crippen LogP contribution is 2.31. The van der Waals surface area contributed by atoms with Gasteiger partial charge in [-0.25, -0.2) is 0 Å². The molecule has 31 heavy (non-hydrogen) atoms. The molecule has 3 rings (SSSR count). The standard InChI is InChI=1S/C21H32F2N4O3.HI/c1-24-21(25-10-5-12-28-15-17-6-4-13-29-17)26-16-9-11-27(14-16)18-7-2-3-8-19(18)30-20(22)23;/h2-3,7-8,16-17,20H,4-6,9-15H2,1H3,(H2,24,25,26);1H. The van der Waals surface area contributed by atoms with Crippen LogP contribution in [0.4, 0.5) is 14.5 Å². The maximum atomic E-state index is 12.7. The van der Waals surface area contributed by atoms with Crippen LogP contribution in [0.25, 0.3) is 0 Å². The van der Waals surface area contributed by atoms with E-state index < -0.39 is 6.61 Å². The lowest BCUT2D eigenvalue weighted by Gasteiger charge is -2.22. The normalized spacial score (nSPS) is 21.3. The van der Waals surface area contributed by atoms with Crippen LogP contribution in [0.15, 0.2) is 29.3 Å². The molecule has 0 aromatic heterocycles. The van der Waals surface area contributed by atoms with Crippen molar-refractivity contribution >= 4 is 35.6 Å². The second kappa shape index (κ2) is 13.9. The van der Waals surface area contributed by atoms with Gasteiger partial charge in [-0.1, -0.05) is 12.1 Å². The van der Waals surface area contributed by atoms with Gasteiger partial charge in [0, 0.05) is 45.9 Å². The zero-order valence-corrected chi connectivity index (χ0v) is 20.2. The minimum atomic E-state index is -2.83. The van der Waals surface area contributed by atoms with Crippen LogP contribution in [0.3, 0.4) is 0 Å². The van der Waals surface area contributed by atoms with Gasteiger partial charge in [-0.15, -0.1) is 24.0 Å². The maximum Gasteiger partial charge on any atom is 0.387 e. The van der Waals surface area contributed by atoms with Crippen molar-refractivity contribution in [3.8, 4) is 5.75 Å². The predicted molar refractivity (Wildman–Crippen MR) is 128 cm³/mol. The molecular weight excluding hydrogens is 521 g/mol. The van der Waals surface area contributed by atoms with Gasteiger partial charge in [0.25, 0.3) is 0 Å². The monoisotopic (exact) mass is 554 g/mol. The summed E-state index contributed by atoms with van der Waals surface area (Å²) in [5.74, 6) is 0.941. The van der Waals surface area contributed by atoms with E-state index in [0.29, 0.717) is 25.4 Å². The number of alkyl halides is 2. The van der Waals surface area contributed by atoms with Gasteiger partial charge in [0.2, 0.25) is 0 Å². The Morgan fingerprint density at radius 2 is 2.16 bits per heavy atom. The Morgan fingerprint density at radius 1 is 1.32 bits per heavy atom. The predicted octanol–water partition coefficient (Wildman–Crippen LogP) is 3.24. The Hall–Kier alpha value is -1.40. The van der Waals surface area contributed by atoms with Gasteiger partial charge in [-0.2, -0.15) is 8.78 Å². The molecule has 2 aliphatic heterocycles. The van der Waals surface area contributed by atoms with Crippen molar-refractivity contribution in [2.24, 2.45) is 4.99 Å². The highest BCUT2D eigenvalue weighted by molar-refractivity contribution is 14.0. The third kappa shape index (κ3) is 8.57. The Kier molecular flexibility index (Phi) is 11.6. The van der Waals surface area contributed by atoms with Crippen LogP contribution < -0.4 is 20.3 Å². The summed E-state index contributed by atoms with van der Waals surface area (Å²) in [6.45, 7) is 1.57. The Labute approximate surface area is 199 Å². The zero-order valence-electron chi connectivity index (χ0n) is 17.9. The highest BCUT2D eigenvalue weighted by atomic mass is 127. The molecule has 1 aromatic carbocycles. The van der Waals surface area contributed by atoms with Gasteiger partial charge < -0.3 is 29.7 Å². The van der Waals surface area contributed by atoms with Crippen molar-refractivity contribution in [3.05, 3.63) is 24.3 Å². The zero-order chi connectivity index (χ0) is 21.2. The molecule has 0 radical (unpaired) electrons. The Balaban J connectivity index is 0.00000341. The first-order chi connectivity index (χ1) is 14.7. The van der Waals surface area contributed by atoms with Gasteiger partial charge in [0.05, 0.1) is 18.4 Å². The van der Waals surface area contributed by atoms with Crippen molar-refractivity contribution in [2.45, 2.75) is 44.4 Å². The van der Waals surface area contributed by atoms with Crippen molar-refractivity contribution < 1.29 is 23.0 Å². The van der Waals surface area contributed by atoms with E-state index >= 15 is 0 Å². The molecule has 10 heteroatoms. The number of aliphatic imine (C=N–C) groups is 1. The second-order valence-corrected chi connectivity index (χ2v) is 7.48. The molecule has 2 aliphatic rings. The van der Waals surface area contributed by atoms with Crippen LogP contribution in [-0.4, -0.2) is 71.2 Å². The third-order valence-corrected chi connectivity index (χ3v) is 5.26. The van der Waals surface area contributed by atoms with E-state index in [4.69, 9.17) is 9.47 Å². The quantitative estimate of drug-likeness (QED) is 0.201. The van der Waals surface area contributed by atoms with Gasteiger partial charge in [0.15, 0.2) is 5.96 Å². The maximum absolute atomic E-state index is 12.7. The molecule has 2 unspecified atom stereocenters. The summed E-state index contributed by atoms with van der Waals surface area (Å²) in [6, 6.07) is 7.08. The number of para-hydroxylation sites is 2. The van der Waals surface area contributed by atoms with Crippen molar-refractivity contribution in [1.29, 1.82) is 0 Å². The van der Waals surface area contributed by atoms with E-state index in [2.05, 4.69) is 25.3 Å². The molecule has 0 saturated carbocycles. The van der Waals surface area contributed by atoms with E-state index in [1.165, 1.54) is 0 Å². The smallest absolute Gasteiger partial charge is 0.387 e. The second-order valence-electron chi connectivity index (χ2n) is 7.48. The number of nitrogens with zero attached hydrogens (tertiary/aromatic N) is 2. The number of guanidine groups is 1. The van der Waals surface area contributed by atoms with Crippen LogP contribution in [0.5, 0.6) is 5.75 Å². The fourth-order valence-corrected chi connectivity index (χ4v) is 3.77. The van der Waals surface area contributed by atoms with E-state index in [0.717, 1.165) is 51.3 Å². The minimum Gasteiger partial charge on any atom is -0.433 e. The first-order valence-corrected chi connectivity index (χ1v) is 10.6. The van der Waals surface area contributed by atoms with Gasteiger partial charge in [-0.05, 0) is 37.8 Å². The number of rotatable bonds is 10.